The number of phosphoric ester groups is 2. The van der Waals surface area contributed by atoms with Crippen molar-refractivity contribution in [2.45, 2.75) is 427 Å². The van der Waals surface area contributed by atoms with Crippen molar-refractivity contribution in [1.82, 2.24) is 0 Å². The predicted octanol–water partition coefficient (Wildman–Crippen LogP) is 23.6. The van der Waals surface area contributed by atoms with Crippen LogP contribution in [0.25, 0.3) is 0 Å². The zero-order chi connectivity index (χ0) is 73.1. The van der Waals surface area contributed by atoms with Crippen molar-refractivity contribution >= 4 is 39.5 Å². The first-order chi connectivity index (χ1) is 47.7. The molecule has 0 radical (unpaired) electrons. The molecule has 7 atom stereocenters. The maximum atomic E-state index is 13.1. The van der Waals surface area contributed by atoms with Gasteiger partial charge in [0.15, 0.2) is 12.2 Å². The number of rotatable bonds is 77. The summed E-state index contributed by atoms with van der Waals surface area (Å²) < 4.78 is 68.7. The molecule has 0 bridgehead atoms. The summed E-state index contributed by atoms with van der Waals surface area (Å²) in [6, 6.07) is 0. The lowest BCUT2D eigenvalue weighted by atomic mass is 9.99. The molecule has 99 heavy (non-hydrogen) atoms. The van der Waals surface area contributed by atoms with E-state index >= 15 is 0 Å². The smallest absolute Gasteiger partial charge is 0.462 e. The van der Waals surface area contributed by atoms with Crippen molar-refractivity contribution in [3.05, 3.63) is 0 Å². The van der Waals surface area contributed by atoms with Gasteiger partial charge in [0.25, 0.3) is 0 Å². The van der Waals surface area contributed by atoms with Gasteiger partial charge in [-0.15, -0.1) is 0 Å². The Labute approximate surface area is 607 Å². The van der Waals surface area contributed by atoms with Gasteiger partial charge >= 0.3 is 39.5 Å². The van der Waals surface area contributed by atoms with Crippen LogP contribution in [-0.4, -0.2) is 96.7 Å². The molecule has 0 rings (SSSR count). The molecule has 3 N–H and O–H groups in total. The highest BCUT2D eigenvalue weighted by Crippen LogP contribution is 2.45. The summed E-state index contributed by atoms with van der Waals surface area (Å²) in [6.45, 7) is 14.3. The number of hydrogen-bond donors (Lipinski definition) is 3. The first-order valence-corrected chi connectivity index (χ1v) is 44.3. The fraction of sp³-hybridized carbons (Fsp3) is 0.950. The molecule has 588 valence electrons. The average molecular weight is 1450 g/mol. The van der Waals surface area contributed by atoms with Gasteiger partial charge in [-0.2, -0.15) is 0 Å². The molecule has 19 heteroatoms. The number of hydrogen-bond acceptors (Lipinski definition) is 15. The molecular formula is C80H156O17P2. The highest BCUT2D eigenvalue weighted by Gasteiger charge is 2.30. The monoisotopic (exact) mass is 1450 g/mol. The maximum Gasteiger partial charge on any atom is 0.472 e. The van der Waals surface area contributed by atoms with Crippen LogP contribution in [0.3, 0.4) is 0 Å². The molecule has 0 aromatic carbocycles. The number of carbonyl (C=O) groups is 4. The minimum atomic E-state index is -4.96. The second-order valence-electron chi connectivity index (χ2n) is 30.2. The van der Waals surface area contributed by atoms with Gasteiger partial charge in [0.2, 0.25) is 0 Å². The Kier molecular flexibility index (Phi) is 67.8. The summed E-state index contributed by atoms with van der Waals surface area (Å²) in [5, 5.41) is 10.6. The maximum absolute atomic E-state index is 13.1. The Morgan fingerprint density at radius 1 is 0.283 bits per heavy atom. The molecule has 0 saturated carbocycles. The van der Waals surface area contributed by atoms with Crippen LogP contribution in [0, 0.1) is 23.7 Å². The molecule has 0 aromatic heterocycles. The molecule has 0 aromatic rings. The summed E-state index contributed by atoms with van der Waals surface area (Å²) >= 11 is 0. The predicted molar refractivity (Wildman–Crippen MR) is 404 cm³/mol. The molecule has 0 heterocycles. The summed E-state index contributed by atoms with van der Waals surface area (Å²) in [4.78, 5) is 73.0. The van der Waals surface area contributed by atoms with Crippen molar-refractivity contribution in [1.29, 1.82) is 0 Å². The van der Waals surface area contributed by atoms with E-state index in [1.807, 2.05) is 0 Å². The van der Waals surface area contributed by atoms with Gasteiger partial charge in [-0.1, -0.05) is 357 Å². The first-order valence-electron chi connectivity index (χ1n) is 41.3. The van der Waals surface area contributed by atoms with E-state index in [1.165, 1.54) is 205 Å². The number of ether oxygens (including phenoxy) is 4. The lowest BCUT2D eigenvalue weighted by Gasteiger charge is -2.21. The van der Waals surface area contributed by atoms with Crippen LogP contribution in [0.4, 0.5) is 0 Å². The van der Waals surface area contributed by atoms with Gasteiger partial charge in [-0.25, -0.2) is 9.13 Å². The van der Waals surface area contributed by atoms with Gasteiger partial charge < -0.3 is 33.8 Å². The third kappa shape index (κ3) is 71.5. The molecule has 0 fully saturated rings. The fourth-order valence-corrected chi connectivity index (χ4v) is 13.8. The van der Waals surface area contributed by atoms with Crippen LogP contribution < -0.4 is 0 Å². The standard InChI is InChI=1S/C80H156O17P2/c1-9-72(7)58-50-42-33-27-21-17-14-15-19-23-30-36-46-54-62-79(84)96-75(66-90-77(82)60-52-44-35-29-22-18-13-11-12-16-20-26-32-40-48-56-70(3)4)68-94-98(86,87)92-64-74(81)65-93-99(88,89)95-69-76(67-91-78(83)61-53-45-39-38-41-49-57-71(5)6)97-80(85)63-55-47-37-31-25-24-28-34-43-51-59-73(8)10-2/h70-76,81H,9-69H2,1-8H3,(H,86,87)(H,88,89)/t72?,73?,74-,75-,76-/m1/s1. The van der Waals surface area contributed by atoms with Crippen LogP contribution in [0.15, 0.2) is 0 Å². The third-order valence-corrected chi connectivity index (χ3v) is 21.2. The van der Waals surface area contributed by atoms with E-state index in [4.69, 9.17) is 37.0 Å². The van der Waals surface area contributed by atoms with E-state index in [9.17, 15) is 43.2 Å². The van der Waals surface area contributed by atoms with Crippen molar-refractivity contribution in [2.75, 3.05) is 39.6 Å². The van der Waals surface area contributed by atoms with Crippen molar-refractivity contribution in [3.8, 4) is 0 Å². The Balaban J connectivity index is 5.24. The average Bonchev–Trinajstić information content (AvgIpc) is 0.979. The largest absolute Gasteiger partial charge is 0.472 e. The third-order valence-electron chi connectivity index (χ3n) is 19.3. The molecule has 0 amide bonds. The Hall–Kier alpha value is -1.94. The van der Waals surface area contributed by atoms with Crippen LogP contribution in [-0.2, 0) is 65.4 Å². The van der Waals surface area contributed by atoms with E-state index in [-0.39, 0.29) is 25.7 Å². The topological polar surface area (TPSA) is 237 Å². The molecule has 0 aliphatic carbocycles. The summed E-state index contributed by atoms with van der Waals surface area (Å²) in [5.41, 5.74) is 0. The van der Waals surface area contributed by atoms with Gasteiger partial charge in [-0.05, 0) is 49.4 Å². The Morgan fingerprint density at radius 2 is 0.485 bits per heavy atom. The lowest BCUT2D eigenvalue weighted by molar-refractivity contribution is -0.161. The Bertz CT molecular complexity index is 1940. The second kappa shape index (κ2) is 69.1. The number of carbonyl (C=O) groups excluding carboxylic acids is 4. The summed E-state index contributed by atoms with van der Waals surface area (Å²) in [5.74, 6) is 1.02. The molecule has 0 saturated heterocycles. The van der Waals surface area contributed by atoms with Gasteiger partial charge in [0.1, 0.15) is 19.3 Å². The van der Waals surface area contributed by atoms with Crippen molar-refractivity contribution in [2.24, 2.45) is 23.7 Å². The van der Waals surface area contributed by atoms with Gasteiger partial charge in [-0.3, -0.25) is 37.3 Å². The molecule has 0 spiro atoms. The number of aliphatic hydroxyl groups is 1. The van der Waals surface area contributed by atoms with E-state index in [1.54, 1.807) is 0 Å². The zero-order valence-corrected chi connectivity index (χ0v) is 66.9. The van der Waals surface area contributed by atoms with E-state index in [0.717, 1.165) is 114 Å². The van der Waals surface area contributed by atoms with Crippen LogP contribution in [0.1, 0.15) is 409 Å². The van der Waals surface area contributed by atoms with Crippen LogP contribution >= 0.6 is 15.6 Å². The normalized spacial score (nSPS) is 14.6. The summed E-state index contributed by atoms with van der Waals surface area (Å²) in [7, 11) is -9.92. The van der Waals surface area contributed by atoms with E-state index < -0.39 is 97.5 Å². The van der Waals surface area contributed by atoms with Gasteiger partial charge in [0, 0.05) is 25.7 Å². The minimum absolute atomic E-state index is 0.105. The van der Waals surface area contributed by atoms with Crippen LogP contribution in [0.5, 0.6) is 0 Å². The van der Waals surface area contributed by atoms with Crippen LogP contribution in [0.2, 0.25) is 0 Å². The highest BCUT2D eigenvalue weighted by atomic mass is 31.2. The highest BCUT2D eigenvalue weighted by molar-refractivity contribution is 7.47. The Morgan fingerprint density at radius 3 is 0.717 bits per heavy atom. The minimum Gasteiger partial charge on any atom is -0.462 e. The van der Waals surface area contributed by atoms with E-state index in [2.05, 4.69) is 55.4 Å². The van der Waals surface area contributed by atoms with Gasteiger partial charge in [0.05, 0.1) is 26.4 Å². The molecular weight excluding hydrogens is 1290 g/mol. The fourth-order valence-electron chi connectivity index (χ4n) is 12.2. The first kappa shape index (κ1) is 97.1. The molecule has 0 aliphatic rings. The lowest BCUT2D eigenvalue weighted by Crippen LogP contribution is -2.30. The number of aliphatic hydroxyl groups excluding tert-OH is 1. The number of esters is 4. The summed E-state index contributed by atoms with van der Waals surface area (Å²) in [6.07, 6.45) is 55.5. The second-order valence-corrected chi connectivity index (χ2v) is 33.1. The number of unbranched alkanes of at least 4 members (excludes halogenated alkanes) is 41. The van der Waals surface area contributed by atoms with Crippen molar-refractivity contribution in [3.63, 3.8) is 0 Å². The van der Waals surface area contributed by atoms with Crippen molar-refractivity contribution < 1.29 is 80.2 Å². The molecule has 4 unspecified atom stereocenters. The van der Waals surface area contributed by atoms with E-state index in [0.29, 0.717) is 31.6 Å². The molecule has 17 nitrogen and oxygen atoms in total. The zero-order valence-electron chi connectivity index (χ0n) is 65.1. The molecule has 0 aliphatic heterocycles. The quantitative estimate of drug-likeness (QED) is 0.0222. The SMILES string of the molecule is CCC(C)CCCCCCCCCCCCCCCCC(=O)O[C@H](COC(=O)CCCCCCCCCCCCCCCCCC(C)C)COP(=O)(O)OC[C@@H](O)COP(=O)(O)OC[C@@H](COC(=O)CCCCCCCCC(C)C)OC(=O)CCCCCCCCCCCCC(C)CC. The number of phosphoric acid groups is 2.